The molecule has 0 aliphatic rings. The van der Waals surface area contributed by atoms with Gasteiger partial charge in [-0.3, -0.25) is 4.21 Å². The molecule has 0 saturated carbocycles. The van der Waals surface area contributed by atoms with Gasteiger partial charge in [-0.2, -0.15) is 0 Å². The van der Waals surface area contributed by atoms with Crippen LogP contribution in [-0.2, 0) is 10.8 Å². The molecule has 17 heavy (non-hydrogen) atoms. The van der Waals surface area contributed by atoms with Crippen LogP contribution in [0.1, 0.15) is 12.5 Å². The summed E-state index contributed by atoms with van der Waals surface area (Å²) in [6.07, 6.45) is 1.70. The Hall–Kier alpha value is -0.460. The number of halogens is 1. The summed E-state index contributed by atoms with van der Waals surface area (Å²) in [5.41, 5.74) is 7.33. The van der Waals surface area contributed by atoms with Gasteiger partial charge in [0.1, 0.15) is 4.99 Å². The van der Waals surface area contributed by atoms with E-state index in [0.717, 1.165) is 15.7 Å². The lowest BCUT2D eigenvalue weighted by Gasteiger charge is -2.14. The van der Waals surface area contributed by atoms with E-state index in [4.69, 9.17) is 18.0 Å². The molecule has 3 nitrogen and oxygen atoms in total. The maximum atomic E-state index is 11.3. The average Bonchev–Trinajstić information content (AvgIpc) is 2.26. The van der Waals surface area contributed by atoms with Crippen molar-refractivity contribution in [2.45, 2.75) is 12.2 Å². The predicted molar refractivity (Wildman–Crippen MR) is 82.0 cm³/mol. The van der Waals surface area contributed by atoms with Gasteiger partial charge in [0, 0.05) is 44.6 Å². The second-order valence-corrected chi connectivity index (χ2v) is 6.90. The van der Waals surface area contributed by atoms with Crippen molar-refractivity contribution in [3.05, 3.63) is 28.2 Å². The Balaban J connectivity index is 2.84. The van der Waals surface area contributed by atoms with E-state index in [1.54, 1.807) is 6.26 Å². The summed E-state index contributed by atoms with van der Waals surface area (Å²) in [7, 11) is -0.842. The lowest BCUT2D eigenvalue weighted by atomic mass is 10.2. The van der Waals surface area contributed by atoms with Crippen molar-refractivity contribution < 1.29 is 4.21 Å². The first kappa shape index (κ1) is 14.6. The first-order valence-electron chi connectivity index (χ1n) is 5.07. The summed E-state index contributed by atoms with van der Waals surface area (Å²) in [5.74, 6) is 0. The van der Waals surface area contributed by atoms with Crippen LogP contribution in [0.4, 0.5) is 5.69 Å². The highest BCUT2D eigenvalue weighted by molar-refractivity contribution is 9.10. The first-order chi connectivity index (χ1) is 7.91. The maximum Gasteiger partial charge on any atom is 0.106 e. The molecular weight excluding hydrogens is 320 g/mol. The number of hydrogen-bond donors (Lipinski definition) is 2. The molecule has 3 N–H and O–H groups in total. The quantitative estimate of drug-likeness (QED) is 0.811. The highest BCUT2D eigenvalue weighted by atomic mass is 79.9. The zero-order chi connectivity index (χ0) is 13.0. The van der Waals surface area contributed by atoms with Crippen LogP contribution < -0.4 is 11.1 Å². The Bertz CT molecular complexity index is 451. The fraction of sp³-hybridized carbons (Fsp3) is 0.364. The summed E-state index contributed by atoms with van der Waals surface area (Å²) in [6, 6.07) is 5.69. The topological polar surface area (TPSA) is 55.1 Å². The molecule has 1 aromatic rings. The molecule has 0 bridgehead atoms. The minimum atomic E-state index is -0.842. The molecule has 0 heterocycles. The molecule has 94 valence electrons. The van der Waals surface area contributed by atoms with E-state index in [2.05, 4.69) is 21.2 Å². The van der Waals surface area contributed by atoms with Gasteiger partial charge in [0.05, 0.1) is 0 Å². The van der Waals surface area contributed by atoms with Gasteiger partial charge in [0.25, 0.3) is 0 Å². The minimum absolute atomic E-state index is 0.0813. The maximum absolute atomic E-state index is 11.3. The molecular formula is C11H15BrN2OS2. The van der Waals surface area contributed by atoms with Crippen molar-refractivity contribution in [2.24, 2.45) is 5.73 Å². The number of thiocarbonyl (C=S) groups is 1. The highest BCUT2D eigenvalue weighted by Crippen LogP contribution is 2.21. The van der Waals surface area contributed by atoms with E-state index in [9.17, 15) is 4.21 Å². The van der Waals surface area contributed by atoms with Gasteiger partial charge in [0.15, 0.2) is 0 Å². The zero-order valence-corrected chi connectivity index (χ0v) is 12.9. The third-order valence-electron chi connectivity index (χ3n) is 2.39. The van der Waals surface area contributed by atoms with Crippen molar-refractivity contribution in [3.8, 4) is 0 Å². The van der Waals surface area contributed by atoms with Crippen LogP contribution in [0.15, 0.2) is 22.7 Å². The normalized spacial score (nSPS) is 14.1. The minimum Gasteiger partial charge on any atom is -0.389 e. The molecule has 0 fully saturated rings. The molecule has 0 radical (unpaired) electrons. The van der Waals surface area contributed by atoms with Crippen molar-refractivity contribution >= 4 is 49.6 Å². The molecule has 2 unspecified atom stereocenters. The Kier molecular flexibility index (Phi) is 5.55. The second-order valence-electron chi connectivity index (χ2n) is 3.74. The Morgan fingerprint density at radius 2 is 2.29 bits per heavy atom. The Morgan fingerprint density at radius 3 is 2.82 bits per heavy atom. The van der Waals surface area contributed by atoms with Gasteiger partial charge >= 0.3 is 0 Å². The number of hydrogen-bond acceptors (Lipinski definition) is 3. The Labute approximate surface area is 118 Å². The molecule has 0 amide bonds. The van der Waals surface area contributed by atoms with Crippen LogP contribution in [0.5, 0.6) is 0 Å². The molecule has 1 aromatic carbocycles. The van der Waals surface area contributed by atoms with Crippen LogP contribution in [0.25, 0.3) is 0 Å². The number of nitrogens with two attached hydrogens (primary N) is 1. The van der Waals surface area contributed by atoms with Gasteiger partial charge in [-0.15, -0.1) is 0 Å². The summed E-state index contributed by atoms with van der Waals surface area (Å²) in [4.78, 5) is 0.346. The van der Waals surface area contributed by atoms with E-state index in [1.165, 1.54) is 0 Å². The monoisotopic (exact) mass is 334 g/mol. The van der Waals surface area contributed by atoms with Gasteiger partial charge in [0.2, 0.25) is 0 Å². The third-order valence-corrected chi connectivity index (χ3v) is 4.41. The molecule has 0 aliphatic heterocycles. The predicted octanol–water partition coefficient (Wildman–Crippen LogP) is 2.26. The summed E-state index contributed by atoms with van der Waals surface area (Å²) in [5, 5.41) is 3.30. The number of benzene rings is 1. The van der Waals surface area contributed by atoms with E-state index < -0.39 is 10.8 Å². The van der Waals surface area contributed by atoms with Crippen molar-refractivity contribution in [2.75, 3.05) is 18.1 Å². The van der Waals surface area contributed by atoms with E-state index in [-0.39, 0.29) is 5.25 Å². The number of nitrogens with one attached hydrogen (secondary N) is 1. The average molecular weight is 335 g/mol. The van der Waals surface area contributed by atoms with Crippen LogP contribution in [0, 0.1) is 0 Å². The summed E-state index contributed by atoms with van der Waals surface area (Å²) < 4.78 is 12.2. The van der Waals surface area contributed by atoms with E-state index in [0.29, 0.717) is 11.5 Å². The number of rotatable bonds is 5. The molecule has 0 saturated heterocycles. The molecule has 1 rings (SSSR count). The smallest absolute Gasteiger partial charge is 0.106 e. The van der Waals surface area contributed by atoms with Crippen LogP contribution in [0.2, 0.25) is 0 Å². The molecule has 0 aromatic heterocycles. The molecule has 2 atom stereocenters. The summed E-state index contributed by atoms with van der Waals surface area (Å²) in [6.45, 7) is 2.56. The highest BCUT2D eigenvalue weighted by Gasteiger charge is 2.09. The van der Waals surface area contributed by atoms with Gasteiger partial charge < -0.3 is 11.1 Å². The lowest BCUT2D eigenvalue weighted by molar-refractivity contribution is 0.679. The van der Waals surface area contributed by atoms with Gasteiger partial charge in [-0.25, -0.2) is 0 Å². The van der Waals surface area contributed by atoms with E-state index in [1.807, 2.05) is 25.1 Å². The zero-order valence-electron chi connectivity index (χ0n) is 9.70. The third kappa shape index (κ3) is 4.37. The second kappa shape index (κ2) is 6.47. The SMILES string of the molecule is CC(CNc1ccc(Br)cc1C(N)=S)S(C)=O. The van der Waals surface area contributed by atoms with Crippen LogP contribution in [0.3, 0.4) is 0 Å². The summed E-state index contributed by atoms with van der Waals surface area (Å²) >= 11 is 8.37. The lowest BCUT2D eigenvalue weighted by Crippen LogP contribution is -2.22. The van der Waals surface area contributed by atoms with E-state index >= 15 is 0 Å². The number of anilines is 1. The fourth-order valence-corrected chi connectivity index (χ4v) is 2.09. The van der Waals surface area contributed by atoms with Gasteiger partial charge in [-0.05, 0) is 25.1 Å². The van der Waals surface area contributed by atoms with Crippen LogP contribution >= 0.6 is 28.1 Å². The Morgan fingerprint density at radius 1 is 1.65 bits per heavy atom. The molecule has 6 heteroatoms. The first-order valence-corrected chi connectivity index (χ1v) is 7.89. The fourth-order valence-electron chi connectivity index (χ4n) is 1.25. The van der Waals surface area contributed by atoms with Crippen LogP contribution in [-0.4, -0.2) is 27.2 Å². The van der Waals surface area contributed by atoms with Crippen molar-refractivity contribution in [3.63, 3.8) is 0 Å². The standard InChI is InChI=1S/C11H15BrN2OS2/c1-7(17(2)15)6-14-10-4-3-8(12)5-9(10)11(13)16/h3-5,7,14H,6H2,1-2H3,(H2,13,16). The van der Waals surface area contributed by atoms with Crippen molar-refractivity contribution in [1.29, 1.82) is 0 Å². The molecule has 0 aliphatic carbocycles. The van der Waals surface area contributed by atoms with Crippen molar-refractivity contribution in [1.82, 2.24) is 0 Å². The molecule has 0 spiro atoms. The van der Waals surface area contributed by atoms with Gasteiger partial charge in [-0.1, -0.05) is 28.1 Å². The largest absolute Gasteiger partial charge is 0.389 e.